The molecular formula is C13H25N3O2. The van der Waals surface area contributed by atoms with E-state index in [9.17, 15) is 4.79 Å². The van der Waals surface area contributed by atoms with E-state index in [4.69, 9.17) is 5.11 Å². The molecule has 0 aromatic rings. The van der Waals surface area contributed by atoms with E-state index in [1.807, 2.05) is 0 Å². The first-order valence-corrected chi connectivity index (χ1v) is 7.02. The Morgan fingerprint density at radius 2 is 1.78 bits per heavy atom. The first kappa shape index (κ1) is 13.6. The van der Waals surface area contributed by atoms with Crippen molar-refractivity contribution in [2.45, 2.75) is 38.8 Å². The summed E-state index contributed by atoms with van der Waals surface area (Å²) in [7, 11) is 0. The van der Waals surface area contributed by atoms with E-state index in [0.29, 0.717) is 25.2 Å². The number of amides is 1. The zero-order valence-corrected chi connectivity index (χ0v) is 11.4. The van der Waals surface area contributed by atoms with Gasteiger partial charge in [0.05, 0.1) is 0 Å². The second-order valence-corrected chi connectivity index (χ2v) is 5.78. The predicted octanol–water partition coefficient (Wildman–Crippen LogP) is 1.06. The molecular weight excluding hydrogens is 230 g/mol. The van der Waals surface area contributed by atoms with E-state index in [2.05, 4.69) is 24.1 Å². The lowest BCUT2D eigenvalue weighted by atomic mass is 9.95. The summed E-state index contributed by atoms with van der Waals surface area (Å²) in [5.41, 5.74) is 0. The minimum atomic E-state index is -0.782. The van der Waals surface area contributed by atoms with Crippen LogP contribution in [0.25, 0.3) is 0 Å². The first-order chi connectivity index (χ1) is 8.58. The minimum Gasteiger partial charge on any atom is -0.465 e. The van der Waals surface area contributed by atoms with Gasteiger partial charge in [0, 0.05) is 31.7 Å². The highest BCUT2D eigenvalue weighted by Crippen LogP contribution is 2.21. The molecule has 0 radical (unpaired) electrons. The van der Waals surface area contributed by atoms with Crippen molar-refractivity contribution in [3.63, 3.8) is 0 Å². The Morgan fingerprint density at radius 3 is 2.28 bits per heavy atom. The standard InChI is InChI=1S/C13H25N3O2/c1-10-7-15(13(17)18)8-11(2)16(10)9-12-3-5-14-6-4-12/h10-12,14H,3-9H2,1-2H3,(H,17,18)/t10-,11+. The summed E-state index contributed by atoms with van der Waals surface area (Å²) in [5.74, 6) is 0.771. The molecule has 0 aliphatic carbocycles. The Bertz CT molecular complexity index is 280. The smallest absolute Gasteiger partial charge is 0.407 e. The van der Waals surface area contributed by atoms with E-state index in [0.717, 1.165) is 25.6 Å². The molecule has 0 aromatic carbocycles. The summed E-state index contributed by atoms with van der Waals surface area (Å²) in [6.07, 6.45) is 1.71. The highest BCUT2D eigenvalue weighted by Gasteiger charge is 2.33. The number of carbonyl (C=O) groups is 1. The van der Waals surface area contributed by atoms with Gasteiger partial charge in [-0.2, -0.15) is 0 Å². The number of hydrogen-bond acceptors (Lipinski definition) is 3. The summed E-state index contributed by atoms with van der Waals surface area (Å²) in [4.78, 5) is 15.1. The van der Waals surface area contributed by atoms with Crippen LogP contribution in [0.1, 0.15) is 26.7 Å². The Morgan fingerprint density at radius 1 is 1.22 bits per heavy atom. The molecule has 1 amide bonds. The fourth-order valence-corrected chi connectivity index (χ4v) is 3.24. The highest BCUT2D eigenvalue weighted by atomic mass is 16.4. The molecule has 2 heterocycles. The van der Waals surface area contributed by atoms with Crippen LogP contribution in [-0.4, -0.2) is 65.8 Å². The molecule has 0 saturated carbocycles. The van der Waals surface area contributed by atoms with Crippen molar-refractivity contribution in [3.05, 3.63) is 0 Å². The number of nitrogens with one attached hydrogen (secondary N) is 1. The second kappa shape index (κ2) is 5.89. The zero-order chi connectivity index (χ0) is 13.1. The van der Waals surface area contributed by atoms with Gasteiger partial charge in [-0.15, -0.1) is 0 Å². The SMILES string of the molecule is C[C@@H]1CN(C(=O)O)C[C@H](C)N1CC1CCNCC1. The van der Waals surface area contributed by atoms with E-state index in [1.54, 1.807) is 4.90 Å². The lowest BCUT2D eigenvalue weighted by Crippen LogP contribution is -2.59. The molecule has 104 valence electrons. The van der Waals surface area contributed by atoms with Crippen molar-refractivity contribution in [2.24, 2.45) is 5.92 Å². The molecule has 2 aliphatic rings. The van der Waals surface area contributed by atoms with Gasteiger partial charge in [-0.3, -0.25) is 4.90 Å². The van der Waals surface area contributed by atoms with Crippen LogP contribution in [0.2, 0.25) is 0 Å². The van der Waals surface area contributed by atoms with Crippen LogP contribution in [0.3, 0.4) is 0 Å². The molecule has 0 bridgehead atoms. The molecule has 5 nitrogen and oxygen atoms in total. The van der Waals surface area contributed by atoms with Crippen molar-refractivity contribution < 1.29 is 9.90 Å². The third-order valence-corrected chi connectivity index (χ3v) is 4.30. The molecule has 0 aromatic heterocycles. The molecule has 5 heteroatoms. The molecule has 2 rings (SSSR count). The predicted molar refractivity (Wildman–Crippen MR) is 70.8 cm³/mol. The Balaban J connectivity index is 1.90. The maximum atomic E-state index is 11.0. The van der Waals surface area contributed by atoms with E-state index < -0.39 is 6.09 Å². The largest absolute Gasteiger partial charge is 0.465 e. The zero-order valence-electron chi connectivity index (χ0n) is 11.4. The van der Waals surface area contributed by atoms with Crippen LogP contribution in [0.4, 0.5) is 4.79 Å². The average Bonchev–Trinajstić information content (AvgIpc) is 2.34. The molecule has 2 atom stereocenters. The van der Waals surface area contributed by atoms with Gasteiger partial charge in [-0.1, -0.05) is 0 Å². The summed E-state index contributed by atoms with van der Waals surface area (Å²) < 4.78 is 0. The number of nitrogens with zero attached hydrogens (tertiary/aromatic N) is 2. The van der Waals surface area contributed by atoms with Gasteiger partial charge in [-0.05, 0) is 45.7 Å². The Hall–Kier alpha value is -0.810. The molecule has 2 N–H and O–H groups in total. The van der Waals surface area contributed by atoms with Gasteiger partial charge in [0.2, 0.25) is 0 Å². The molecule has 18 heavy (non-hydrogen) atoms. The van der Waals surface area contributed by atoms with E-state index >= 15 is 0 Å². The summed E-state index contributed by atoms with van der Waals surface area (Å²) in [6.45, 7) is 8.96. The molecule has 2 fully saturated rings. The van der Waals surface area contributed by atoms with Crippen molar-refractivity contribution >= 4 is 6.09 Å². The van der Waals surface area contributed by atoms with Crippen LogP contribution in [-0.2, 0) is 0 Å². The summed E-state index contributed by atoms with van der Waals surface area (Å²) in [5, 5.41) is 12.5. The van der Waals surface area contributed by atoms with Crippen LogP contribution < -0.4 is 5.32 Å². The fourth-order valence-electron chi connectivity index (χ4n) is 3.24. The van der Waals surface area contributed by atoms with Crippen LogP contribution >= 0.6 is 0 Å². The fraction of sp³-hybridized carbons (Fsp3) is 0.923. The summed E-state index contributed by atoms with van der Waals surface area (Å²) >= 11 is 0. The Labute approximate surface area is 109 Å². The average molecular weight is 255 g/mol. The maximum absolute atomic E-state index is 11.0. The number of piperazine rings is 1. The van der Waals surface area contributed by atoms with Crippen molar-refractivity contribution in [1.82, 2.24) is 15.1 Å². The van der Waals surface area contributed by atoms with Gasteiger partial charge in [-0.25, -0.2) is 4.79 Å². The highest BCUT2D eigenvalue weighted by molar-refractivity contribution is 5.65. The lowest BCUT2D eigenvalue weighted by Gasteiger charge is -2.45. The van der Waals surface area contributed by atoms with Crippen molar-refractivity contribution in [2.75, 3.05) is 32.7 Å². The number of hydrogen-bond donors (Lipinski definition) is 2. The van der Waals surface area contributed by atoms with Crippen LogP contribution in [0, 0.1) is 5.92 Å². The number of rotatable bonds is 2. The third kappa shape index (κ3) is 3.14. The van der Waals surface area contributed by atoms with Gasteiger partial charge in [0.25, 0.3) is 0 Å². The minimum absolute atomic E-state index is 0.333. The maximum Gasteiger partial charge on any atom is 0.407 e. The lowest BCUT2D eigenvalue weighted by molar-refractivity contribution is 0.0270. The first-order valence-electron chi connectivity index (χ1n) is 7.02. The quantitative estimate of drug-likeness (QED) is 0.774. The van der Waals surface area contributed by atoms with E-state index in [-0.39, 0.29) is 0 Å². The normalized spacial score (nSPS) is 31.6. The van der Waals surface area contributed by atoms with Gasteiger partial charge < -0.3 is 15.3 Å². The second-order valence-electron chi connectivity index (χ2n) is 5.78. The Kier molecular flexibility index (Phi) is 4.45. The number of piperidine rings is 1. The molecule has 0 unspecified atom stereocenters. The molecule has 0 spiro atoms. The topological polar surface area (TPSA) is 55.8 Å². The summed E-state index contributed by atoms with van der Waals surface area (Å²) in [6, 6.07) is 0.666. The monoisotopic (exact) mass is 255 g/mol. The van der Waals surface area contributed by atoms with Crippen molar-refractivity contribution in [1.29, 1.82) is 0 Å². The number of carboxylic acid groups (broad SMARTS) is 1. The van der Waals surface area contributed by atoms with E-state index in [1.165, 1.54) is 12.8 Å². The van der Waals surface area contributed by atoms with Crippen molar-refractivity contribution in [3.8, 4) is 0 Å². The van der Waals surface area contributed by atoms with Crippen LogP contribution in [0.5, 0.6) is 0 Å². The van der Waals surface area contributed by atoms with Gasteiger partial charge >= 0.3 is 6.09 Å². The molecule has 2 saturated heterocycles. The van der Waals surface area contributed by atoms with Crippen LogP contribution in [0.15, 0.2) is 0 Å². The molecule has 2 aliphatic heterocycles. The van der Waals surface area contributed by atoms with Gasteiger partial charge in [0.1, 0.15) is 0 Å². The third-order valence-electron chi connectivity index (χ3n) is 4.30. The van der Waals surface area contributed by atoms with Gasteiger partial charge in [0.15, 0.2) is 0 Å².